The van der Waals surface area contributed by atoms with Gasteiger partial charge in [0, 0.05) is 30.3 Å². The number of aromatic nitrogens is 2. The van der Waals surface area contributed by atoms with Crippen LogP contribution >= 0.6 is 11.8 Å². The fourth-order valence-corrected chi connectivity index (χ4v) is 5.67. The van der Waals surface area contributed by atoms with E-state index in [2.05, 4.69) is 30.3 Å². The number of benzene rings is 1. The first-order valence-electron chi connectivity index (χ1n) is 10.9. The molecule has 1 unspecified atom stereocenters. The highest BCUT2D eigenvalue weighted by atomic mass is 32.2. The third-order valence-electron chi connectivity index (χ3n) is 6.25. The molecule has 0 bridgehead atoms. The number of hydrogen-bond donors (Lipinski definition) is 3. The van der Waals surface area contributed by atoms with E-state index in [1.54, 1.807) is 0 Å². The maximum absolute atomic E-state index is 15.0. The molecule has 1 aromatic carbocycles. The number of carbonyl (C=O) groups is 2. The van der Waals surface area contributed by atoms with Gasteiger partial charge in [-0.3, -0.25) is 14.6 Å². The number of thioether (sulfide) groups is 1. The van der Waals surface area contributed by atoms with Crippen molar-refractivity contribution in [3.05, 3.63) is 47.4 Å². The zero-order valence-electron chi connectivity index (χ0n) is 19.7. The number of nitrogens with two attached hydrogens (primary N) is 1. The van der Waals surface area contributed by atoms with Crippen LogP contribution in [-0.2, 0) is 10.3 Å². The number of nitrogens with zero attached hydrogens (tertiary/aromatic N) is 3. The average Bonchev–Trinajstić information content (AvgIpc) is 3.61. The Hall–Kier alpha value is -3.56. The number of anilines is 1. The summed E-state index contributed by atoms with van der Waals surface area (Å²) >= 11 is 1.05. The van der Waals surface area contributed by atoms with Crippen LogP contribution in [0.15, 0.2) is 29.5 Å². The molecule has 1 aliphatic carbocycles. The number of fused-ring (bicyclic) bond motifs is 1. The molecule has 0 saturated heterocycles. The lowest BCUT2D eigenvalue weighted by Gasteiger charge is -2.33. The molecule has 4 rings (SSSR count). The highest BCUT2D eigenvalue weighted by Gasteiger charge is 2.70. The summed E-state index contributed by atoms with van der Waals surface area (Å²) in [6.45, 7) is -0.144. The maximum Gasteiger partial charge on any atom is 0.340 e. The van der Waals surface area contributed by atoms with E-state index in [-0.39, 0.29) is 28.0 Å². The van der Waals surface area contributed by atoms with Gasteiger partial charge >= 0.3 is 12.3 Å². The Morgan fingerprint density at radius 2 is 1.97 bits per heavy atom. The number of carbonyl (C=O) groups excluding carboxylic acids is 2. The van der Waals surface area contributed by atoms with Crippen molar-refractivity contribution >= 4 is 34.4 Å². The summed E-state index contributed by atoms with van der Waals surface area (Å²) in [7, 11) is 1.45. The Bertz CT molecular complexity index is 1310. The van der Waals surface area contributed by atoms with Crippen LogP contribution in [0.2, 0.25) is 0 Å². The second-order valence-electron chi connectivity index (χ2n) is 8.79. The minimum Gasteiger partial charge on any atom is -0.470 e. The molecule has 2 aromatic rings. The van der Waals surface area contributed by atoms with E-state index in [0.29, 0.717) is 6.42 Å². The van der Waals surface area contributed by atoms with Gasteiger partial charge in [0.15, 0.2) is 23.4 Å². The molecule has 1 aromatic heterocycles. The summed E-state index contributed by atoms with van der Waals surface area (Å²) in [5, 5.41) is 4.89. The molecule has 1 aliphatic heterocycles. The van der Waals surface area contributed by atoms with Crippen LogP contribution in [0.1, 0.15) is 29.4 Å². The van der Waals surface area contributed by atoms with Crippen LogP contribution in [0.4, 0.5) is 32.0 Å². The van der Waals surface area contributed by atoms with E-state index in [4.69, 9.17) is 5.73 Å². The molecule has 0 radical (unpaired) electrons. The van der Waals surface area contributed by atoms with Gasteiger partial charge in [-0.2, -0.15) is 8.78 Å². The van der Waals surface area contributed by atoms with Crippen LogP contribution in [0.5, 0.6) is 5.88 Å². The number of ether oxygens (including phenoxy) is 1. The predicted octanol–water partition coefficient (Wildman–Crippen LogP) is 3.07. The van der Waals surface area contributed by atoms with Crippen molar-refractivity contribution in [1.82, 2.24) is 15.3 Å². The number of nitrogens with one attached hydrogen (secondary N) is 2. The molecule has 4 N–H and O–H groups in total. The second-order valence-corrected chi connectivity index (χ2v) is 10.1. The van der Waals surface area contributed by atoms with Crippen molar-refractivity contribution in [3.8, 4) is 5.88 Å². The lowest BCUT2D eigenvalue weighted by atomic mass is 9.85. The molecule has 9 nitrogen and oxygen atoms in total. The summed E-state index contributed by atoms with van der Waals surface area (Å²) in [5.74, 6) is -9.25. The summed E-state index contributed by atoms with van der Waals surface area (Å²) in [5.41, 5.74) is 3.74. The molecule has 1 saturated carbocycles. The van der Waals surface area contributed by atoms with Gasteiger partial charge < -0.3 is 21.1 Å². The van der Waals surface area contributed by atoms with Crippen molar-refractivity contribution in [3.63, 3.8) is 0 Å². The van der Waals surface area contributed by atoms with Crippen LogP contribution in [0.3, 0.4) is 0 Å². The fourth-order valence-electron chi connectivity index (χ4n) is 4.25. The average molecular weight is 562 g/mol. The molecule has 0 spiro atoms. The Morgan fingerprint density at radius 3 is 2.58 bits per heavy atom. The standard InChI is InChI=1S/C22H20F6N6O3S/c1-20(13-5-21(13,18(36)30-2)38-19(29)34-20)10-3-9(4-11(23)15(10)24)33-16(35)12-6-32-14(7-31-12)37-8-22(27,28)17(25)26/h3-4,6-7,13,17H,5,8H2,1-2H3,(H2,29,34)(H,30,36)(H,33,35)/t13?,20-,21+/m1/s1. The van der Waals surface area contributed by atoms with Crippen molar-refractivity contribution in [2.45, 2.75) is 36.0 Å². The number of hydrogen-bond acceptors (Lipinski definition) is 8. The number of rotatable bonds is 8. The van der Waals surface area contributed by atoms with E-state index < -0.39 is 58.6 Å². The van der Waals surface area contributed by atoms with Crippen LogP contribution in [0, 0.1) is 17.6 Å². The third kappa shape index (κ3) is 4.83. The first kappa shape index (κ1) is 27.5. The molecular weight excluding hydrogens is 542 g/mol. The van der Waals surface area contributed by atoms with Gasteiger partial charge in [-0.25, -0.2) is 27.5 Å². The molecular formula is C22H20F6N6O3S. The first-order chi connectivity index (χ1) is 17.7. The first-order valence-corrected chi connectivity index (χ1v) is 11.7. The number of halogens is 6. The van der Waals surface area contributed by atoms with Crippen molar-refractivity contribution in [1.29, 1.82) is 0 Å². The van der Waals surface area contributed by atoms with E-state index in [9.17, 15) is 31.5 Å². The third-order valence-corrected chi connectivity index (χ3v) is 7.55. The lowest BCUT2D eigenvalue weighted by molar-refractivity contribution is -0.148. The highest BCUT2D eigenvalue weighted by Crippen LogP contribution is 2.66. The summed E-state index contributed by atoms with van der Waals surface area (Å²) in [6, 6.07) is 1.88. The zero-order chi connectivity index (χ0) is 28.0. The van der Waals surface area contributed by atoms with Gasteiger partial charge in [0.25, 0.3) is 5.91 Å². The van der Waals surface area contributed by atoms with Crippen molar-refractivity contribution in [2.75, 3.05) is 19.0 Å². The van der Waals surface area contributed by atoms with Gasteiger partial charge in [-0.1, -0.05) is 11.8 Å². The minimum absolute atomic E-state index is 0.0167. The molecule has 204 valence electrons. The van der Waals surface area contributed by atoms with Gasteiger partial charge in [0.2, 0.25) is 11.8 Å². The SMILES string of the molecule is CNC(=O)[C@]12CC1[C@@](C)(c1cc(NC(=O)c3cnc(OCC(F)(F)C(F)F)cn3)cc(F)c1F)N=C(N)S2. The van der Waals surface area contributed by atoms with Gasteiger partial charge in [0.1, 0.15) is 10.4 Å². The molecule has 38 heavy (non-hydrogen) atoms. The maximum atomic E-state index is 15.0. The number of amidine groups is 1. The quantitative estimate of drug-likeness (QED) is 0.422. The van der Waals surface area contributed by atoms with Crippen molar-refractivity contribution in [2.24, 2.45) is 16.6 Å². The van der Waals surface area contributed by atoms with E-state index in [1.165, 1.54) is 14.0 Å². The number of alkyl halides is 4. The molecule has 16 heteroatoms. The molecule has 3 atom stereocenters. The van der Waals surface area contributed by atoms with Crippen LogP contribution < -0.4 is 21.1 Å². The summed E-state index contributed by atoms with van der Waals surface area (Å²) in [6.07, 6.45) is -2.06. The van der Waals surface area contributed by atoms with Crippen LogP contribution in [0.25, 0.3) is 0 Å². The van der Waals surface area contributed by atoms with E-state index in [0.717, 1.165) is 36.3 Å². The van der Waals surface area contributed by atoms with Gasteiger partial charge in [0.05, 0.1) is 17.9 Å². The zero-order valence-corrected chi connectivity index (χ0v) is 20.5. The van der Waals surface area contributed by atoms with Crippen LogP contribution in [-0.4, -0.2) is 57.7 Å². The van der Waals surface area contributed by atoms with E-state index >= 15 is 4.39 Å². The number of amides is 2. The minimum atomic E-state index is -4.41. The lowest BCUT2D eigenvalue weighted by Crippen LogP contribution is -2.43. The highest BCUT2D eigenvalue weighted by molar-refractivity contribution is 8.15. The largest absolute Gasteiger partial charge is 0.470 e. The van der Waals surface area contributed by atoms with Gasteiger partial charge in [-0.15, -0.1) is 0 Å². The smallest absolute Gasteiger partial charge is 0.340 e. The Morgan fingerprint density at radius 1 is 1.26 bits per heavy atom. The van der Waals surface area contributed by atoms with Crippen molar-refractivity contribution < 1.29 is 40.7 Å². The Labute approximate surface area is 215 Å². The topological polar surface area (TPSA) is 132 Å². The fraction of sp³-hybridized carbons (Fsp3) is 0.409. The Kier molecular flexibility index (Phi) is 6.96. The normalized spacial score (nSPS) is 24.3. The summed E-state index contributed by atoms with van der Waals surface area (Å²) in [4.78, 5) is 36.7. The second kappa shape index (κ2) is 9.63. The predicted molar refractivity (Wildman–Crippen MR) is 124 cm³/mol. The van der Waals surface area contributed by atoms with Gasteiger partial charge in [-0.05, 0) is 19.4 Å². The molecule has 2 aliphatic rings. The molecule has 1 fully saturated rings. The summed E-state index contributed by atoms with van der Waals surface area (Å²) < 4.78 is 83.5. The molecule has 2 heterocycles. The van der Waals surface area contributed by atoms with E-state index in [1.807, 2.05) is 0 Å². The Balaban J connectivity index is 1.55. The molecule has 2 amide bonds. The monoisotopic (exact) mass is 562 g/mol. The number of aliphatic imine (C=N–C) groups is 1.